The molecular weight excluding hydrogens is 1100 g/mol. The largest absolute Gasteiger partial charge is 0.309 e. The highest BCUT2D eigenvalue weighted by Crippen LogP contribution is 2.49. The molecule has 0 saturated heterocycles. The number of rotatable bonds is 4. The maximum atomic E-state index is 4.85. The second-order valence-corrected chi connectivity index (χ2v) is 24.0. The third kappa shape index (κ3) is 6.18. The van der Waals surface area contributed by atoms with Crippen LogP contribution in [0.1, 0.15) is 0 Å². The SMILES string of the molecule is c1cc(-n2c3ccccc3c3c4c5ccccc5n5c6ccccc6c(cc32)c45)cc(-n2c3ccccc3c3cccnc32)c1.c1ccc2c(c1)c1ccncc1n2-c1ccc(-n2c3ccccc3c3c4c5ccccc5n5c6ccccc6c(cc32)c45)cc1. The molecule has 0 radical (unpaired) electrons. The summed E-state index contributed by atoms with van der Waals surface area (Å²) in [6.07, 6.45) is 5.73. The van der Waals surface area contributed by atoms with Gasteiger partial charge in [-0.05, 0) is 121 Å². The fourth-order valence-corrected chi connectivity index (χ4v) is 16.2. The topological polar surface area (TPSA) is 54.3 Å². The second kappa shape index (κ2) is 17.7. The van der Waals surface area contributed by atoms with E-state index in [2.05, 4.69) is 299 Å². The molecule has 0 unspecified atom stereocenters. The Morgan fingerprint density at radius 1 is 0.211 bits per heavy atom. The van der Waals surface area contributed by atoms with E-state index in [4.69, 9.17) is 4.98 Å². The van der Waals surface area contributed by atoms with Gasteiger partial charge in [0.15, 0.2) is 0 Å². The van der Waals surface area contributed by atoms with E-state index >= 15 is 0 Å². The van der Waals surface area contributed by atoms with Crippen molar-refractivity contribution in [2.75, 3.05) is 0 Å². The zero-order valence-electron chi connectivity index (χ0n) is 48.3. The molecule has 0 atom stereocenters. The highest BCUT2D eigenvalue weighted by Gasteiger charge is 2.27. The van der Waals surface area contributed by atoms with Gasteiger partial charge in [-0.3, -0.25) is 9.55 Å². The van der Waals surface area contributed by atoms with Gasteiger partial charge < -0.3 is 22.5 Å². The fraction of sp³-hybridized carbons (Fsp3) is 0. The van der Waals surface area contributed by atoms with Crippen LogP contribution < -0.4 is 0 Å². The molecule has 0 aliphatic heterocycles. The quantitative estimate of drug-likeness (QED) is 0.176. The Labute approximate surface area is 512 Å². The molecule has 0 aliphatic carbocycles. The molecule has 0 N–H and O–H groups in total. The first-order chi connectivity index (χ1) is 44.7. The Morgan fingerprint density at radius 3 is 1.08 bits per heavy atom. The molecule has 0 aliphatic rings. The zero-order chi connectivity index (χ0) is 58.4. The van der Waals surface area contributed by atoms with Crippen molar-refractivity contribution in [3.8, 4) is 22.7 Å². The van der Waals surface area contributed by atoms with E-state index in [1.54, 1.807) is 0 Å². The summed E-state index contributed by atoms with van der Waals surface area (Å²) < 4.78 is 14.5. The number of nitrogens with zero attached hydrogens (tertiary/aromatic N) is 8. The van der Waals surface area contributed by atoms with Crippen molar-refractivity contribution in [3.05, 3.63) is 292 Å². The molecule has 0 fully saturated rings. The number of pyridine rings is 2. The van der Waals surface area contributed by atoms with Crippen molar-refractivity contribution >= 4 is 164 Å². The minimum absolute atomic E-state index is 0.970. The summed E-state index contributed by atoms with van der Waals surface area (Å²) in [4.78, 5) is 9.32. The Hall–Kier alpha value is -12.3. The molecule has 0 amide bonds. The molecule has 10 aromatic heterocycles. The summed E-state index contributed by atoms with van der Waals surface area (Å²) in [6.45, 7) is 0. The van der Waals surface area contributed by atoms with Crippen LogP contribution in [0.2, 0.25) is 0 Å². The van der Waals surface area contributed by atoms with E-state index in [1.165, 1.54) is 141 Å². The first-order valence-electron chi connectivity index (χ1n) is 30.8. The predicted octanol–water partition coefficient (Wildman–Crippen LogP) is 20.9. The maximum absolute atomic E-state index is 4.85. The molecule has 22 aromatic rings. The fourth-order valence-electron chi connectivity index (χ4n) is 16.2. The lowest BCUT2D eigenvalue weighted by atomic mass is 10.0. The minimum atomic E-state index is 0.970. The van der Waals surface area contributed by atoms with Crippen molar-refractivity contribution in [1.29, 1.82) is 0 Å². The van der Waals surface area contributed by atoms with E-state index < -0.39 is 0 Å². The molecule has 90 heavy (non-hydrogen) atoms. The van der Waals surface area contributed by atoms with Gasteiger partial charge in [0.25, 0.3) is 0 Å². The Morgan fingerprint density at radius 2 is 0.567 bits per heavy atom. The molecule has 0 saturated carbocycles. The molecular formula is C82H48N8. The van der Waals surface area contributed by atoms with Gasteiger partial charge in [0.05, 0.1) is 77.9 Å². The standard InChI is InChI=1S/2C41H24N4/c1-5-18-33-27(13-1)29-17-10-22-42-41(29)44(33)26-12-9-11-25(23-26)43-35-20-7-3-15-30(35)38-37(43)24-32-28-14-2-6-19-34(28)45-36-21-8-4-16-31(36)39(38)40(32)45;1-5-13-33-27(9-1)29-21-22-42-24-38(29)44(33)26-19-17-25(18-20-26)43-35-15-7-3-11-30(35)39-37(43)23-32-28-10-2-6-14-34(28)45-36-16-8-4-12-31(36)40(39)41(32)45/h2*1-24H. The van der Waals surface area contributed by atoms with E-state index in [-0.39, 0.29) is 0 Å². The van der Waals surface area contributed by atoms with Crippen molar-refractivity contribution in [1.82, 2.24) is 37.0 Å². The number of hydrogen-bond donors (Lipinski definition) is 0. The van der Waals surface area contributed by atoms with Gasteiger partial charge in [-0.2, -0.15) is 0 Å². The number of fused-ring (bicyclic) bond motifs is 26. The Kier molecular flexibility index (Phi) is 9.42. The number of hydrogen-bond acceptors (Lipinski definition) is 2. The molecule has 0 bridgehead atoms. The van der Waals surface area contributed by atoms with E-state index in [1.807, 2.05) is 24.7 Å². The van der Waals surface area contributed by atoms with Gasteiger partial charge in [-0.15, -0.1) is 0 Å². The maximum Gasteiger partial charge on any atom is 0.145 e. The average molecular weight is 1150 g/mol. The van der Waals surface area contributed by atoms with Crippen LogP contribution in [0, 0.1) is 0 Å². The van der Waals surface area contributed by atoms with Crippen LogP contribution in [0.4, 0.5) is 0 Å². The van der Waals surface area contributed by atoms with Crippen LogP contribution in [0.25, 0.3) is 186 Å². The number of para-hydroxylation sites is 8. The van der Waals surface area contributed by atoms with Crippen molar-refractivity contribution < 1.29 is 0 Å². The van der Waals surface area contributed by atoms with Crippen LogP contribution in [0.3, 0.4) is 0 Å². The summed E-state index contributed by atoms with van der Waals surface area (Å²) >= 11 is 0. The summed E-state index contributed by atoms with van der Waals surface area (Å²) in [7, 11) is 0. The molecule has 12 aromatic carbocycles. The van der Waals surface area contributed by atoms with Crippen molar-refractivity contribution in [3.63, 3.8) is 0 Å². The molecule has 8 nitrogen and oxygen atoms in total. The Bertz CT molecular complexity index is 6670. The summed E-state index contributed by atoms with van der Waals surface area (Å²) in [5, 5.41) is 20.4. The first kappa shape index (κ1) is 47.9. The van der Waals surface area contributed by atoms with E-state index in [0.717, 1.165) is 44.8 Å². The van der Waals surface area contributed by atoms with Crippen LogP contribution >= 0.6 is 0 Å². The van der Waals surface area contributed by atoms with Crippen LogP contribution in [-0.2, 0) is 0 Å². The smallest absolute Gasteiger partial charge is 0.145 e. The zero-order valence-corrected chi connectivity index (χ0v) is 48.3. The molecule has 8 heteroatoms. The first-order valence-corrected chi connectivity index (χ1v) is 30.8. The molecule has 416 valence electrons. The normalized spacial score (nSPS) is 12.4. The van der Waals surface area contributed by atoms with E-state index in [9.17, 15) is 0 Å². The average Bonchev–Trinajstić information content (AvgIpc) is 1.53. The monoisotopic (exact) mass is 1140 g/mol. The highest BCUT2D eigenvalue weighted by atomic mass is 15.1. The van der Waals surface area contributed by atoms with Crippen LogP contribution in [0.5, 0.6) is 0 Å². The van der Waals surface area contributed by atoms with Gasteiger partial charge in [0.1, 0.15) is 5.65 Å². The molecule has 10 heterocycles. The van der Waals surface area contributed by atoms with Crippen LogP contribution in [-0.4, -0.2) is 37.0 Å². The lowest BCUT2D eigenvalue weighted by Gasteiger charge is -2.12. The van der Waals surface area contributed by atoms with Gasteiger partial charge in [0, 0.05) is 121 Å². The van der Waals surface area contributed by atoms with Gasteiger partial charge in [-0.25, -0.2) is 4.98 Å². The summed E-state index contributed by atoms with van der Waals surface area (Å²) in [5.74, 6) is 0. The van der Waals surface area contributed by atoms with Crippen molar-refractivity contribution in [2.45, 2.75) is 0 Å². The second-order valence-electron chi connectivity index (χ2n) is 24.0. The lowest BCUT2D eigenvalue weighted by molar-refractivity contribution is 1.11. The van der Waals surface area contributed by atoms with Gasteiger partial charge >= 0.3 is 0 Å². The molecule has 22 rings (SSSR count). The number of benzene rings is 12. The van der Waals surface area contributed by atoms with E-state index in [0.29, 0.717) is 0 Å². The summed E-state index contributed by atoms with van der Waals surface area (Å²) in [6, 6.07) is 99.4. The molecule has 0 spiro atoms. The lowest BCUT2D eigenvalue weighted by Crippen LogP contribution is -1.99. The van der Waals surface area contributed by atoms with Crippen LogP contribution in [0.15, 0.2) is 292 Å². The van der Waals surface area contributed by atoms with Gasteiger partial charge in [-0.1, -0.05) is 152 Å². The highest BCUT2D eigenvalue weighted by molar-refractivity contribution is 6.37. The number of aromatic nitrogens is 8. The van der Waals surface area contributed by atoms with Crippen molar-refractivity contribution in [2.24, 2.45) is 0 Å². The predicted molar refractivity (Wildman–Crippen MR) is 375 cm³/mol. The summed E-state index contributed by atoms with van der Waals surface area (Å²) in [5.41, 5.74) is 21.4. The third-order valence-electron chi connectivity index (χ3n) is 19.6. The van der Waals surface area contributed by atoms with Gasteiger partial charge in [0.2, 0.25) is 0 Å². The Balaban J connectivity index is 0.000000122. The minimum Gasteiger partial charge on any atom is -0.309 e. The third-order valence-corrected chi connectivity index (χ3v) is 19.6.